The van der Waals surface area contributed by atoms with E-state index < -0.39 is 0 Å². The van der Waals surface area contributed by atoms with Crippen molar-refractivity contribution >= 4 is 17.7 Å². The number of carbonyl (C=O) groups is 1. The number of benzene rings is 2. The van der Waals surface area contributed by atoms with Crippen molar-refractivity contribution in [3.63, 3.8) is 0 Å². The van der Waals surface area contributed by atoms with Crippen LogP contribution < -0.4 is 4.74 Å². The fourth-order valence-electron chi connectivity index (χ4n) is 4.87. The molecule has 0 radical (unpaired) electrons. The molecule has 7 nitrogen and oxygen atoms in total. The van der Waals surface area contributed by atoms with Crippen molar-refractivity contribution in [2.45, 2.75) is 36.7 Å². The predicted molar refractivity (Wildman–Crippen MR) is 142 cm³/mol. The molecule has 0 atom stereocenters. The zero-order valence-electron chi connectivity index (χ0n) is 20.7. The summed E-state index contributed by atoms with van der Waals surface area (Å²) in [7, 11) is 1.62. The number of aromatic nitrogens is 4. The van der Waals surface area contributed by atoms with Gasteiger partial charge in [0, 0.05) is 55.2 Å². The summed E-state index contributed by atoms with van der Waals surface area (Å²) in [5.74, 6) is 3.05. The molecule has 8 heteroatoms. The predicted octanol–water partition coefficient (Wildman–Crippen LogP) is 4.93. The Kier molecular flexibility index (Phi) is 7.41. The molecule has 36 heavy (non-hydrogen) atoms. The molecule has 1 aliphatic rings. The number of thioether (sulfide) groups is 1. The zero-order chi connectivity index (χ0) is 24.9. The molecule has 0 N–H and O–H groups in total. The number of ether oxygens (including phenoxy) is 1. The highest BCUT2D eigenvalue weighted by Crippen LogP contribution is 2.31. The molecule has 2 aromatic carbocycles. The van der Waals surface area contributed by atoms with Gasteiger partial charge in [-0.25, -0.2) is 9.97 Å². The second-order valence-corrected chi connectivity index (χ2v) is 9.88. The minimum atomic E-state index is 0.0317. The van der Waals surface area contributed by atoms with Gasteiger partial charge < -0.3 is 18.8 Å². The van der Waals surface area contributed by atoms with Gasteiger partial charge in [0.2, 0.25) is 0 Å². The number of hydrogen-bond donors (Lipinski definition) is 0. The molecular weight excluding hydrogens is 470 g/mol. The standard InChI is InChI=1S/C28H31N5O2S/c1-35-25-18-23(36-2)8-9-24(25)28(34)31-14-10-22(11-15-31)27-30-13-17-33(27)20-26-29-12-16-32(26)19-21-6-4-3-5-7-21/h3-9,12-13,16-18,22H,10-11,14-15,19-20H2,1-2H3. The fraction of sp³-hybridized carbons (Fsp3) is 0.321. The van der Waals surface area contributed by atoms with Gasteiger partial charge in [-0.2, -0.15) is 0 Å². The van der Waals surface area contributed by atoms with E-state index in [4.69, 9.17) is 9.72 Å². The Morgan fingerprint density at radius 3 is 2.50 bits per heavy atom. The Morgan fingerprint density at radius 2 is 1.75 bits per heavy atom. The van der Waals surface area contributed by atoms with Crippen LogP contribution in [0.5, 0.6) is 5.75 Å². The third-order valence-electron chi connectivity index (χ3n) is 6.84. The quantitative estimate of drug-likeness (QED) is 0.321. The van der Waals surface area contributed by atoms with E-state index >= 15 is 0 Å². The molecule has 1 saturated heterocycles. The summed E-state index contributed by atoms with van der Waals surface area (Å²) in [6.45, 7) is 2.87. The molecule has 186 valence electrons. The molecule has 0 aliphatic carbocycles. The summed E-state index contributed by atoms with van der Waals surface area (Å²) in [4.78, 5) is 25.6. The monoisotopic (exact) mass is 501 g/mol. The fourth-order valence-corrected chi connectivity index (χ4v) is 5.30. The second-order valence-electron chi connectivity index (χ2n) is 9.00. The first kappa shape index (κ1) is 24.2. The van der Waals surface area contributed by atoms with Crippen molar-refractivity contribution < 1.29 is 9.53 Å². The van der Waals surface area contributed by atoms with Crippen LogP contribution in [-0.4, -0.2) is 56.4 Å². The maximum atomic E-state index is 13.2. The van der Waals surface area contributed by atoms with Gasteiger partial charge in [0.05, 0.1) is 19.2 Å². The van der Waals surface area contributed by atoms with E-state index in [0.717, 1.165) is 35.9 Å². The van der Waals surface area contributed by atoms with Crippen LogP contribution in [0.15, 0.2) is 78.2 Å². The first-order valence-corrected chi connectivity index (χ1v) is 13.4. The number of methoxy groups -OCH3 is 1. The van der Waals surface area contributed by atoms with Crippen molar-refractivity contribution in [1.29, 1.82) is 0 Å². The van der Waals surface area contributed by atoms with Crippen LogP contribution >= 0.6 is 11.8 Å². The summed E-state index contributed by atoms with van der Waals surface area (Å²) in [6.07, 6.45) is 11.6. The van der Waals surface area contributed by atoms with Crippen molar-refractivity contribution in [3.05, 3.63) is 96.1 Å². The number of nitrogens with zero attached hydrogens (tertiary/aromatic N) is 5. The number of likely N-dealkylation sites (tertiary alicyclic amines) is 1. The molecule has 3 heterocycles. The maximum Gasteiger partial charge on any atom is 0.257 e. The Labute approximate surface area is 216 Å². The lowest BCUT2D eigenvalue weighted by atomic mass is 9.95. The van der Waals surface area contributed by atoms with Gasteiger partial charge in [-0.3, -0.25) is 4.79 Å². The molecule has 1 aliphatic heterocycles. The third-order valence-corrected chi connectivity index (χ3v) is 7.57. The van der Waals surface area contributed by atoms with Gasteiger partial charge in [0.15, 0.2) is 0 Å². The molecule has 4 aromatic rings. The third kappa shape index (κ3) is 5.18. The average molecular weight is 502 g/mol. The summed E-state index contributed by atoms with van der Waals surface area (Å²) < 4.78 is 9.91. The van der Waals surface area contributed by atoms with Crippen molar-refractivity contribution in [2.75, 3.05) is 26.5 Å². The van der Waals surface area contributed by atoms with Gasteiger partial charge in [-0.1, -0.05) is 30.3 Å². The van der Waals surface area contributed by atoms with Crippen molar-refractivity contribution in [2.24, 2.45) is 0 Å². The van der Waals surface area contributed by atoms with E-state index in [-0.39, 0.29) is 5.91 Å². The molecule has 2 aromatic heterocycles. The molecule has 0 bridgehead atoms. The van der Waals surface area contributed by atoms with E-state index in [0.29, 0.717) is 36.9 Å². The minimum Gasteiger partial charge on any atom is -0.496 e. The number of amides is 1. The Hall–Kier alpha value is -3.52. The molecule has 0 spiro atoms. The maximum absolute atomic E-state index is 13.2. The van der Waals surface area contributed by atoms with E-state index in [2.05, 4.69) is 38.4 Å². The Morgan fingerprint density at radius 1 is 1.00 bits per heavy atom. The Bertz CT molecular complexity index is 1310. The van der Waals surface area contributed by atoms with E-state index in [1.807, 2.05) is 60.2 Å². The summed E-state index contributed by atoms with van der Waals surface area (Å²) in [5, 5.41) is 0. The average Bonchev–Trinajstić information content (AvgIpc) is 3.58. The van der Waals surface area contributed by atoms with Crippen LogP contribution in [0.2, 0.25) is 0 Å². The van der Waals surface area contributed by atoms with E-state index in [9.17, 15) is 4.79 Å². The lowest BCUT2D eigenvalue weighted by Gasteiger charge is -2.32. The summed E-state index contributed by atoms with van der Waals surface area (Å²) in [6, 6.07) is 16.2. The molecule has 1 amide bonds. The molecular formula is C28H31N5O2S. The van der Waals surface area contributed by atoms with E-state index in [1.54, 1.807) is 18.9 Å². The molecule has 0 saturated carbocycles. The zero-order valence-corrected chi connectivity index (χ0v) is 21.5. The van der Waals surface area contributed by atoms with E-state index in [1.165, 1.54) is 5.56 Å². The largest absolute Gasteiger partial charge is 0.496 e. The smallest absolute Gasteiger partial charge is 0.257 e. The number of piperidine rings is 1. The topological polar surface area (TPSA) is 65.2 Å². The number of carbonyl (C=O) groups excluding carboxylic acids is 1. The van der Waals surface area contributed by atoms with Gasteiger partial charge in [0.1, 0.15) is 17.4 Å². The van der Waals surface area contributed by atoms with Crippen LogP contribution in [0, 0.1) is 0 Å². The SMILES string of the molecule is COc1cc(SC)ccc1C(=O)N1CCC(c2nccn2Cc2nccn2Cc2ccccc2)CC1. The van der Waals surface area contributed by atoms with Crippen LogP contribution in [0.1, 0.15) is 46.3 Å². The normalized spacial score (nSPS) is 14.2. The van der Waals surface area contributed by atoms with Gasteiger partial charge in [-0.15, -0.1) is 11.8 Å². The van der Waals surface area contributed by atoms with Crippen LogP contribution in [-0.2, 0) is 13.1 Å². The van der Waals surface area contributed by atoms with Gasteiger partial charge in [0.25, 0.3) is 5.91 Å². The molecule has 1 fully saturated rings. The Balaban J connectivity index is 1.24. The summed E-state index contributed by atoms with van der Waals surface area (Å²) in [5.41, 5.74) is 1.87. The number of hydrogen-bond acceptors (Lipinski definition) is 5. The lowest BCUT2D eigenvalue weighted by molar-refractivity contribution is 0.0707. The first-order valence-electron chi connectivity index (χ1n) is 12.2. The van der Waals surface area contributed by atoms with Crippen molar-refractivity contribution in [3.8, 4) is 5.75 Å². The van der Waals surface area contributed by atoms with Crippen molar-refractivity contribution in [1.82, 2.24) is 24.0 Å². The van der Waals surface area contributed by atoms with Crippen LogP contribution in [0.3, 0.4) is 0 Å². The highest BCUT2D eigenvalue weighted by molar-refractivity contribution is 7.98. The van der Waals surface area contributed by atoms with Crippen LogP contribution in [0.25, 0.3) is 0 Å². The van der Waals surface area contributed by atoms with Gasteiger partial charge in [-0.05, 0) is 42.9 Å². The second kappa shape index (κ2) is 11.0. The lowest BCUT2D eigenvalue weighted by Crippen LogP contribution is -2.38. The number of rotatable bonds is 8. The van der Waals surface area contributed by atoms with Gasteiger partial charge >= 0.3 is 0 Å². The first-order chi connectivity index (χ1) is 17.7. The minimum absolute atomic E-state index is 0.0317. The number of imidazole rings is 2. The molecule has 5 rings (SSSR count). The molecule has 0 unspecified atom stereocenters. The van der Waals surface area contributed by atoms with Crippen LogP contribution in [0.4, 0.5) is 0 Å². The highest BCUT2D eigenvalue weighted by Gasteiger charge is 2.28. The highest BCUT2D eigenvalue weighted by atomic mass is 32.2. The summed E-state index contributed by atoms with van der Waals surface area (Å²) >= 11 is 1.64.